The van der Waals surface area contributed by atoms with Crippen molar-refractivity contribution in [2.75, 3.05) is 26.4 Å². The van der Waals surface area contributed by atoms with Gasteiger partial charge in [0.2, 0.25) is 0 Å². The van der Waals surface area contributed by atoms with Crippen molar-refractivity contribution >= 4 is 5.91 Å². The summed E-state index contributed by atoms with van der Waals surface area (Å²) in [6, 6.07) is 0. The van der Waals surface area contributed by atoms with Gasteiger partial charge in [0.25, 0.3) is 5.91 Å². The first-order valence-corrected chi connectivity index (χ1v) is 4.75. The summed E-state index contributed by atoms with van der Waals surface area (Å²) in [6.45, 7) is 4.39. The molecule has 1 amide bonds. The predicted octanol–water partition coefficient (Wildman–Crippen LogP) is 0.577. The molecule has 2 aliphatic heterocycles. The van der Waals surface area contributed by atoms with Crippen molar-refractivity contribution in [3.63, 3.8) is 0 Å². The van der Waals surface area contributed by atoms with Gasteiger partial charge in [-0.2, -0.15) is 0 Å². The van der Waals surface area contributed by atoms with Gasteiger partial charge in [-0.05, 0) is 19.8 Å². The molecule has 2 rings (SSSR count). The molecule has 0 N–H and O–H groups in total. The first-order valence-electron chi connectivity index (χ1n) is 4.75. The van der Waals surface area contributed by atoms with Crippen LogP contribution in [0.3, 0.4) is 0 Å². The minimum absolute atomic E-state index is 0.0819. The number of hydroxylamine groups is 2. The Bertz CT molecular complexity index is 207. The van der Waals surface area contributed by atoms with E-state index in [1.54, 1.807) is 0 Å². The van der Waals surface area contributed by atoms with E-state index in [-0.39, 0.29) is 11.3 Å². The second-order valence-electron chi connectivity index (χ2n) is 4.00. The normalized spacial score (nSPS) is 26.7. The third-order valence-electron chi connectivity index (χ3n) is 2.59. The van der Waals surface area contributed by atoms with Gasteiger partial charge in [0, 0.05) is 6.54 Å². The molecule has 0 aromatic heterocycles. The molecule has 74 valence electrons. The number of rotatable bonds is 1. The van der Waals surface area contributed by atoms with Crippen LogP contribution in [0.5, 0.6) is 0 Å². The Kier molecular flexibility index (Phi) is 2.26. The smallest absolute Gasteiger partial charge is 0.256 e. The lowest BCUT2D eigenvalue weighted by Gasteiger charge is -2.40. The molecule has 0 saturated carbocycles. The number of hydrogen-bond acceptors (Lipinski definition) is 3. The zero-order chi connectivity index (χ0) is 9.31. The van der Waals surface area contributed by atoms with E-state index in [4.69, 9.17) is 9.57 Å². The quantitative estimate of drug-likeness (QED) is 0.599. The SMILES string of the molecule is CC1(C(=O)N2CCCCO2)COC1. The molecule has 0 spiro atoms. The van der Waals surface area contributed by atoms with Gasteiger partial charge in [-0.15, -0.1) is 0 Å². The van der Waals surface area contributed by atoms with Crippen molar-refractivity contribution in [2.45, 2.75) is 19.8 Å². The molecule has 0 radical (unpaired) electrons. The van der Waals surface area contributed by atoms with Crippen molar-refractivity contribution < 1.29 is 14.4 Å². The lowest BCUT2D eigenvalue weighted by atomic mass is 9.87. The van der Waals surface area contributed by atoms with Crippen LogP contribution >= 0.6 is 0 Å². The van der Waals surface area contributed by atoms with Gasteiger partial charge in [-0.1, -0.05) is 0 Å². The van der Waals surface area contributed by atoms with Crippen molar-refractivity contribution in [3.8, 4) is 0 Å². The molecule has 4 heteroatoms. The summed E-state index contributed by atoms with van der Waals surface area (Å²) in [5.41, 5.74) is -0.322. The molecule has 2 fully saturated rings. The fourth-order valence-electron chi connectivity index (χ4n) is 1.59. The molecule has 2 heterocycles. The number of hydrogen-bond donors (Lipinski definition) is 0. The molecule has 13 heavy (non-hydrogen) atoms. The second kappa shape index (κ2) is 3.27. The number of nitrogens with zero attached hydrogens (tertiary/aromatic N) is 1. The molecule has 0 aromatic rings. The van der Waals surface area contributed by atoms with Crippen molar-refractivity contribution in [2.24, 2.45) is 5.41 Å². The fourth-order valence-corrected chi connectivity index (χ4v) is 1.59. The number of carbonyl (C=O) groups is 1. The Morgan fingerprint density at radius 2 is 2.15 bits per heavy atom. The van der Waals surface area contributed by atoms with E-state index in [0.29, 0.717) is 19.8 Å². The predicted molar refractivity (Wildman–Crippen MR) is 45.8 cm³/mol. The van der Waals surface area contributed by atoms with Gasteiger partial charge in [0.05, 0.1) is 25.2 Å². The number of ether oxygens (including phenoxy) is 1. The number of amides is 1. The summed E-state index contributed by atoms with van der Waals surface area (Å²) in [4.78, 5) is 17.1. The van der Waals surface area contributed by atoms with Crippen LogP contribution in [0.2, 0.25) is 0 Å². The Hall–Kier alpha value is -0.610. The van der Waals surface area contributed by atoms with Crippen LogP contribution in [0.1, 0.15) is 19.8 Å². The Balaban J connectivity index is 1.95. The summed E-state index contributed by atoms with van der Waals surface area (Å²) in [5, 5.41) is 1.51. The van der Waals surface area contributed by atoms with E-state index < -0.39 is 0 Å². The van der Waals surface area contributed by atoms with Crippen LogP contribution in [-0.2, 0) is 14.4 Å². The van der Waals surface area contributed by atoms with Gasteiger partial charge in [-0.25, -0.2) is 5.06 Å². The summed E-state index contributed by atoms with van der Waals surface area (Å²) in [6.07, 6.45) is 2.10. The van der Waals surface area contributed by atoms with E-state index >= 15 is 0 Å². The zero-order valence-electron chi connectivity index (χ0n) is 7.91. The largest absolute Gasteiger partial charge is 0.379 e. The average Bonchev–Trinajstić information content (AvgIpc) is 2.14. The van der Waals surface area contributed by atoms with Crippen molar-refractivity contribution in [1.29, 1.82) is 0 Å². The summed E-state index contributed by atoms with van der Waals surface area (Å²) in [7, 11) is 0. The Morgan fingerprint density at radius 1 is 1.38 bits per heavy atom. The van der Waals surface area contributed by atoms with Crippen LogP contribution in [0.4, 0.5) is 0 Å². The molecule has 0 aromatic carbocycles. The molecule has 2 saturated heterocycles. The van der Waals surface area contributed by atoms with E-state index in [9.17, 15) is 4.79 Å². The maximum atomic E-state index is 11.8. The van der Waals surface area contributed by atoms with Gasteiger partial charge in [0.1, 0.15) is 0 Å². The van der Waals surface area contributed by atoms with Crippen LogP contribution < -0.4 is 0 Å². The van der Waals surface area contributed by atoms with Crippen LogP contribution in [0, 0.1) is 5.41 Å². The fraction of sp³-hybridized carbons (Fsp3) is 0.889. The van der Waals surface area contributed by atoms with E-state index in [2.05, 4.69) is 0 Å². The monoisotopic (exact) mass is 185 g/mol. The minimum Gasteiger partial charge on any atom is -0.379 e. The molecular weight excluding hydrogens is 170 g/mol. The topological polar surface area (TPSA) is 38.8 Å². The lowest BCUT2D eigenvalue weighted by molar-refractivity contribution is -0.223. The highest BCUT2D eigenvalue weighted by Crippen LogP contribution is 2.29. The van der Waals surface area contributed by atoms with Crippen LogP contribution in [0.25, 0.3) is 0 Å². The maximum absolute atomic E-state index is 11.8. The minimum atomic E-state index is -0.322. The van der Waals surface area contributed by atoms with Crippen LogP contribution in [-0.4, -0.2) is 37.3 Å². The summed E-state index contributed by atoms with van der Waals surface area (Å²) < 4.78 is 5.05. The summed E-state index contributed by atoms with van der Waals surface area (Å²) in [5.74, 6) is 0.0819. The molecule has 2 aliphatic rings. The van der Waals surface area contributed by atoms with Gasteiger partial charge in [-0.3, -0.25) is 9.63 Å². The molecule has 0 atom stereocenters. The Labute approximate surface area is 77.7 Å². The van der Waals surface area contributed by atoms with E-state index in [0.717, 1.165) is 19.4 Å². The van der Waals surface area contributed by atoms with Crippen LogP contribution in [0.15, 0.2) is 0 Å². The van der Waals surface area contributed by atoms with Gasteiger partial charge >= 0.3 is 0 Å². The van der Waals surface area contributed by atoms with Crippen molar-refractivity contribution in [1.82, 2.24) is 5.06 Å². The first-order chi connectivity index (χ1) is 6.22. The van der Waals surface area contributed by atoms with Gasteiger partial charge < -0.3 is 4.74 Å². The molecule has 0 bridgehead atoms. The lowest BCUT2D eigenvalue weighted by Crippen LogP contribution is -2.54. The maximum Gasteiger partial charge on any atom is 0.256 e. The molecule has 0 aliphatic carbocycles. The third kappa shape index (κ3) is 1.56. The first kappa shape index (κ1) is 8.97. The van der Waals surface area contributed by atoms with E-state index in [1.165, 1.54) is 5.06 Å². The summed E-state index contributed by atoms with van der Waals surface area (Å²) >= 11 is 0. The third-order valence-corrected chi connectivity index (χ3v) is 2.59. The van der Waals surface area contributed by atoms with Crippen molar-refractivity contribution in [3.05, 3.63) is 0 Å². The highest BCUT2D eigenvalue weighted by Gasteiger charge is 2.44. The zero-order valence-corrected chi connectivity index (χ0v) is 7.91. The van der Waals surface area contributed by atoms with Gasteiger partial charge in [0.15, 0.2) is 0 Å². The second-order valence-corrected chi connectivity index (χ2v) is 4.00. The molecule has 0 unspecified atom stereocenters. The molecular formula is C9H15NO3. The highest BCUT2D eigenvalue weighted by molar-refractivity contribution is 5.82. The standard InChI is InChI=1S/C9H15NO3/c1-9(6-12-7-9)8(11)10-4-2-3-5-13-10/h2-7H2,1H3. The highest BCUT2D eigenvalue weighted by atomic mass is 16.7. The average molecular weight is 185 g/mol. The number of carbonyl (C=O) groups excluding carboxylic acids is 1. The van der Waals surface area contributed by atoms with E-state index in [1.807, 2.05) is 6.92 Å². The molecule has 4 nitrogen and oxygen atoms in total. The Morgan fingerprint density at radius 3 is 2.62 bits per heavy atom.